The molecule has 5 aromatic rings. The predicted molar refractivity (Wildman–Crippen MR) is 144 cm³/mol. The van der Waals surface area contributed by atoms with Gasteiger partial charge in [0.05, 0.1) is 0 Å². The van der Waals surface area contributed by atoms with E-state index in [1.807, 2.05) is 6.07 Å². The lowest BCUT2D eigenvalue weighted by Crippen LogP contribution is -1.88. The summed E-state index contributed by atoms with van der Waals surface area (Å²) in [5.74, 6) is 0. The van der Waals surface area contributed by atoms with Crippen LogP contribution >= 0.6 is 0 Å². The number of unbranched alkanes of at least 4 members (excludes halogenated alkanes) is 9. The number of aryl methyl sites for hydroxylation is 1. The van der Waals surface area contributed by atoms with Crippen molar-refractivity contribution in [3.8, 4) is 0 Å². The topological polar surface area (TPSA) is 13.1 Å². The van der Waals surface area contributed by atoms with E-state index < -0.39 is 0 Å². The maximum absolute atomic E-state index is 6.26. The van der Waals surface area contributed by atoms with Crippen LogP contribution in [0.25, 0.3) is 43.5 Å². The molecule has 0 unspecified atom stereocenters. The Hall–Kier alpha value is -2.80. The second-order valence-electron chi connectivity index (χ2n) is 9.69. The van der Waals surface area contributed by atoms with E-state index in [4.69, 9.17) is 4.42 Å². The first-order chi connectivity index (χ1) is 16.3. The summed E-state index contributed by atoms with van der Waals surface area (Å²) in [7, 11) is 0. The first-order valence-electron chi connectivity index (χ1n) is 13.1. The monoisotopic (exact) mass is 436 g/mol. The van der Waals surface area contributed by atoms with E-state index in [1.54, 1.807) is 0 Å². The van der Waals surface area contributed by atoms with E-state index in [9.17, 15) is 0 Å². The molecule has 1 heteroatoms. The van der Waals surface area contributed by atoms with Crippen LogP contribution in [0.5, 0.6) is 0 Å². The molecule has 0 amide bonds. The number of hydrogen-bond donors (Lipinski definition) is 0. The van der Waals surface area contributed by atoms with Crippen LogP contribution in [0.2, 0.25) is 0 Å². The molecular formula is C32H36O. The van der Waals surface area contributed by atoms with E-state index in [1.165, 1.54) is 109 Å². The Morgan fingerprint density at radius 3 is 2.00 bits per heavy atom. The van der Waals surface area contributed by atoms with Crippen molar-refractivity contribution in [1.29, 1.82) is 0 Å². The SMILES string of the molecule is CCCCCCCCCCCCc1ccc2c(ccc3c2ccc2c4ccccc4oc23)c1. The molecule has 1 aromatic heterocycles. The van der Waals surface area contributed by atoms with Crippen molar-refractivity contribution in [2.24, 2.45) is 0 Å². The molecule has 0 aliphatic heterocycles. The second-order valence-corrected chi connectivity index (χ2v) is 9.69. The molecule has 4 aromatic carbocycles. The van der Waals surface area contributed by atoms with Crippen molar-refractivity contribution < 1.29 is 4.42 Å². The number of rotatable bonds is 11. The zero-order valence-electron chi connectivity index (χ0n) is 20.0. The largest absolute Gasteiger partial charge is 0.455 e. The minimum absolute atomic E-state index is 0.965. The summed E-state index contributed by atoms with van der Waals surface area (Å²) in [4.78, 5) is 0. The van der Waals surface area contributed by atoms with Gasteiger partial charge in [-0.25, -0.2) is 0 Å². The highest BCUT2D eigenvalue weighted by Gasteiger charge is 2.11. The Labute approximate surface area is 197 Å². The maximum Gasteiger partial charge on any atom is 0.143 e. The highest BCUT2D eigenvalue weighted by Crippen LogP contribution is 2.36. The normalized spacial score (nSPS) is 11.9. The van der Waals surface area contributed by atoms with Crippen LogP contribution in [-0.4, -0.2) is 0 Å². The summed E-state index contributed by atoms with van der Waals surface area (Å²) in [5, 5.41) is 7.55. The van der Waals surface area contributed by atoms with Crippen molar-refractivity contribution in [3.05, 3.63) is 72.3 Å². The molecule has 0 saturated carbocycles. The van der Waals surface area contributed by atoms with Crippen molar-refractivity contribution >= 4 is 43.5 Å². The molecule has 0 fully saturated rings. The maximum atomic E-state index is 6.26. The van der Waals surface area contributed by atoms with Gasteiger partial charge in [0.2, 0.25) is 0 Å². The molecule has 0 radical (unpaired) electrons. The molecule has 0 atom stereocenters. The summed E-state index contributed by atoms with van der Waals surface area (Å²) >= 11 is 0. The lowest BCUT2D eigenvalue weighted by atomic mass is 9.97. The smallest absolute Gasteiger partial charge is 0.143 e. The molecule has 0 spiro atoms. The minimum Gasteiger partial charge on any atom is -0.455 e. The Morgan fingerprint density at radius 2 is 1.18 bits per heavy atom. The highest BCUT2D eigenvalue weighted by molar-refractivity contribution is 6.20. The molecule has 0 saturated heterocycles. The summed E-state index contributed by atoms with van der Waals surface area (Å²) in [5.41, 5.74) is 3.43. The second kappa shape index (κ2) is 10.4. The van der Waals surface area contributed by atoms with Gasteiger partial charge >= 0.3 is 0 Å². The lowest BCUT2D eigenvalue weighted by Gasteiger charge is -2.08. The van der Waals surface area contributed by atoms with Crippen molar-refractivity contribution in [3.63, 3.8) is 0 Å². The Bertz CT molecular complexity index is 1360. The van der Waals surface area contributed by atoms with Crippen molar-refractivity contribution in [1.82, 2.24) is 0 Å². The minimum atomic E-state index is 0.965. The quantitative estimate of drug-likeness (QED) is 0.148. The van der Waals surface area contributed by atoms with Gasteiger partial charge < -0.3 is 4.42 Å². The zero-order chi connectivity index (χ0) is 22.5. The highest BCUT2D eigenvalue weighted by atomic mass is 16.3. The first kappa shape index (κ1) is 22.0. The van der Waals surface area contributed by atoms with Gasteiger partial charge in [0.15, 0.2) is 0 Å². The average molecular weight is 437 g/mol. The summed E-state index contributed by atoms with van der Waals surface area (Å²) in [6, 6.07) is 24.4. The van der Waals surface area contributed by atoms with E-state index in [0.29, 0.717) is 0 Å². The van der Waals surface area contributed by atoms with Crippen LogP contribution in [0, 0.1) is 0 Å². The van der Waals surface area contributed by atoms with Crippen LogP contribution in [0.15, 0.2) is 71.1 Å². The molecule has 5 rings (SSSR count). The molecular weight excluding hydrogens is 400 g/mol. The number of benzene rings is 4. The Balaban J connectivity index is 1.24. The van der Waals surface area contributed by atoms with Gasteiger partial charge in [-0.2, -0.15) is 0 Å². The van der Waals surface area contributed by atoms with E-state index in [-0.39, 0.29) is 0 Å². The third kappa shape index (κ3) is 4.78. The average Bonchev–Trinajstić information content (AvgIpc) is 3.24. The van der Waals surface area contributed by atoms with Gasteiger partial charge in [-0.15, -0.1) is 0 Å². The molecule has 0 aliphatic rings. The van der Waals surface area contributed by atoms with Crippen LogP contribution in [-0.2, 0) is 6.42 Å². The van der Waals surface area contributed by atoms with E-state index in [2.05, 4.69) is 67.6 Å². The fraction of sp³-hybridized carbons (Fsp3) is 0.375. The van der Waals surface area contributed by atoms with Crippen LogP contribution in [0.4, 0.5) is 0 Å². The van der Waals surface area contributed by atoms with E-state index >= 15 is 0 Å². The molecule has 1 heterocycles. The summed E-state index contributed by atoms with van der Waals surface area (Å²) in [6.45, 7) is 2.29. The standard InChI is InChI=1S/C32H36O/c1-2-3-4-5-6-7-8-9-10-11-14-24-17-19-26-25(23-24)18-20-29-27(26)21-22-30-28-15-12-13-16-31(28)33-32(29)30/h12-13,15-23H,2-11,14H2,1H3. The third-order valence-electron chi connectivity index (χ3n) is 7.24. The van der Waals surface area contributed by atoms with Crippen molar-refractivity contribution in [2.75, 3.05) is 0 Å². The lowest BCUT2D eigenvalue weighted by molar-refractivity contribution is 0.556. The van der Waals surface area contributed by atoms with Gasteiger partial charge in [-0.1, -0.05) is 113 Å². The number of furan rings is 1. The van der Waals surface area contributed by atoms with Crippen LogP contribution in [0.3, 0.4) is 0 Å². The molecule has 0 aliphatic carbocycles. The number of fused-ring (bicyclic) bond motifs is 7. The van der Waals surface area contributed by atoms with Crippen LogP contribution < -0.4 is 0 Å². The third-order valence-corrected chi connectivity index (χ3v) is 7.24. The van der Waals surface area contributed by atoms with Gasteiger partial charge in [-0.3, -0.25) is 0 Å². The fourth-order valence-corrected chi connectivity index (χ4v) is 5.35. The molecule has 33 heavy (non-hydrogen) atoms. The van der Waals surface area contributed by atoms with E-state index in [0.717, 1.165) is 11.2 Å². The summed E-state index contributed by atoms with van der Waals surface area (Å²) in [6.07, 6.45) is 15.1. The van der Waals surface area contributed by atoms with Crippen LogP contribution in [0.1, 0.15) is 76.7 Å². The van der Waals surface area contributed by atoms with Gasteiger partial charge in [0, 0.05) is 16.2 Å². The Morgan fingerprint density at radius 1 is 0.545 bits per heavy atom. The predicted octanol–water partition coefficient (Wildman–Crippen LogP) is 10.4. The molecule has 0 N–H and O–H groups in total. The molecule has 0 bridgehead atoms. The zero-order valence-corrected chi connectivity index (χ0v) is 20.0. The Kier molecular flexibility index (Phi) is 6.95. The van der Waals surface area contributed by atoms with Gasteiger partial charge in [0.1, 0.15) is 11.2 Å². The first-order valence-corrected chi connectivity index (χ1v) is 13.1. The summed E-state index contributed by atoms with van der Waals surface area (Å²) < 4.78 is 6.26. The van der Waals surface area contributed by atoms with Crippen molar-refractivity contribution in [2.45, 2.75) is 77.6 Å². The molecule has 170 valence electrons. The molecule has 1 nitrogen and oxygen atoms in total. The van der Waals surface area contributed by atoms with Gasteiger partial charge in [-0.05, 0) is 52.8 Å². The number of para-hydroxylation sites is 1. The fourth-order valence-electron chi connectivity index (χ4n) is 5.35. The number of hydrogen-bond acceptors (Lipinski definition) is 1. The van der Waals surface area contributed by atoms with Gasteiger partial charge in [0.25, 0.3) is 0 Å².